The number of sulfonamides is 2. The standard InChI is InChI=1S/C28H32FN3O7S2/c1-19-16-32(20(2)18-33)28(34)24-10-7-11-25(30-40(35,36)22-8-5-4-6-9-22)27(24)39-26(19)17-31(3)41(37,38)23-14-12-21(29)13-15-23/h4-15,19-20,26,30,33H,16-18H2,1-3H3/t19-,20-,26+/m1/s1. The highest BCUT2D eigenvalue weighted by Gasteiger charge is 2.36. The molecule has 41 heavy (non-hydrogen) atoms. The number of halogens is 1. The highest BCUT2D eigenvalue weighted by atomic mass is 32.2. The number of para-hydroxylation sites is 1. The summed E-state index contributed by atoms with van der Waals surface area (Å²) in [5.41, 5.74) is 0.0546. The van der Waals surface area contributed by atoms with E-state index in [2.05, 4.69) is 4.72 Å². The zero-order valence-electron chi connectivity index (χ0n) is 22.8. The first-order valence-electron chi connectivity index (χ1n) is 12.9. The van der Waals surface area contributed by atoms with Crippen molar-refractivity contribution in [2.75, 3.05) is 31.5 Å². The minimum atomic E-state index is -4.07. The molecular weight excluding hydrogens is 573 g/mol. The van der Waals surface area contributed by atoms with Crippen LogP contribution < -0.4 is 9.46 Å². The van der Waals surface area contributed by atoms with Crippen LogP contribution in [0.1, 0.15) is 24.2 Å². The Morgan fingerprint density at radius 2 is 1.68 bits per heavy atom. The Kier molecular flexibility index (Phi) is 9.02. The number of hydrogen-bond acceptors (Lipinski definition) is 7. The van der Waals surface area contributed by atoms with Crippen LogP contribution in [0.2, 0.25) is 0 Å². The van der Waals surface area contributed by atoms with Crippen molar-refractivity contribution in [1.29, 1.82) is 0 Å². The first-order valence-corrected chi connectivity index (χ1v) is 15.8. The fraction of sp³-hybridized carbons (Fsp3) is 0.321. The first kappa shape index (κ1) is 30.4. The quantitative estimate of drug-likeness (QED) is 0.383. The lowest BCUT2D eigenvalue weighted by Gasteiger charge is -2.38. The number of amides is 1. The number of fused-ring (bicyclic) bond motifs is 1. The SMILES string of the molecule is C[C@@H]1CN([C@H](C)CO)C(=O)c2cccc(NS(=O)(=O)c3ccccc3)c2O[C@H]1CN(C)S(=O)(=O)c1ccc(F)cc1. The molecule has 0 saturated heterocycles. The van der Waals surface area contributed by atoms with E-state index in [0.29, 0.717) is 0 Å². The topological polar surface area (TPSA) is 133 Å². The largest absolute Gasteiger partial charge is 0.486 e. The van der Waals surface area contributed by atoms with Crippen molar-refractivity contribution in [2.24, 2.45) is 5.92 Å². The van der Waals surface area contributed by atoms with E-state index >= 15 is 0 Å². The molecule has 0 radical (unpaired) electrons. The highest BCUT2D eigenvalue weighted by Crippen LogP contribution is 2.36. The molecule has 1 heterocycles. The molecule has 0 aromatic heterocycles. The van der Waals surface area contributed by atoms with Crippen LogP contribution in [0.15, 0.2) is 82.6 Å². The number of ether oxygens (including phenoxy) is 1. The zero-order chi connectivity index (χ0) is 29.9. The Morgan fingerprint density at radius 3 is 2.32 bits per heavy atom. The van der Waals surface area contributed by atoms with Gasteiger partial charge in [-0.15, -0.1) is 0 Å². The molecule has 2 N–H and O–H groups in total. The third-order valence-corrected chi connectivity index (χ3v) is 10.2. The number of aliphatic hydroxyl groups is 1. The Hall–Kier alpha value is -3.52. The summed E-state index contributed by atoms with van der Waals surface area (Å²) in [6.45, 7) is 3.09. The lowest BCUT2D eigenvalue weighted by atomic mass is 9.99. The molecule has 0 saturated carbocycles. The van der Waals surface area contributed by atoms with Crippen LogP contribution in [-0.2, 0) is 20.0 Å². The average molecular weight is 606 g/mol. The van der Waals surface area contributed by atoms with Gasteiger partial charge >= 0.3 is 0 Å². The molecule has 3 aromatic rings. The minimum absolute atomic E-state index is 0.000320. The predicted molar refractivity (Wildman–Crippen MR) is 151 cm³/mol. The number of benzene rings is 3. The minimum Gasteiger partial charge on any atom is -0.486 e. The van der Waals surface area contributed by atoms with Gasteiger partial charge in [0.05, 0.1) is 40.2 Å². The Balaban J connectivity index is 1.76. The molecule has 1 amide bonds. The second kappa shape index (κ2) is 12.1. The van der Waals surface area contributed by atoms with Gasteiger partial charge < -0.3 is 14.7 Å². The Bertz CT molecular complexity index is 1600. The lowest BCUT2D eigenvalue weighted by Crippen LogP contribution is -2.50. The highest BCUT2D eigenvalue weighted by molar-refractivity contribution is 7.92. The normalized spacial score (nSPS) is 18.7. The molecule has 220 valence electrons. The molecule has 3 atom stereocenters. The van der Waals surface area contributed by atoms with Gasteiger partial charge in [-0.25, -0.2) is 21.2 Å². The molecule has 0 fully saturated rings. The maximum atomic E-state index is 13.6. The smallest absolute Gasteiger partial charge is 0.262 e. The average Bonchev–Trinajstić information content (AvgIpc) is 2.95. The van der Waals surface area contributed by atoms with E-state index in [9.17, 15) is 31.1 Å². The van der Waals surface area contributed by atoms with E-state index in [4.69, 9.17) is 4.74 Å². The van der Waals surface area contributed by atoms with Gasteiger partial charge in [0.1, 0.15) is 11.9 Å². The van der Waals surface area contributed by atoms with Crippen molar-refractivity contribution in [3.63, 3.8) is 0 Å². The summed E-state index contributed by atoms with van der Waals surface area (Å²) in [7, 11) is -6.75. The molecule has 10 nitrogen and oxygen atoms in total. The molecule has 3 aromatic carbocycles. The fourth-order valence-corrected chi connectivity index (χ4v) is 6.75. The molecule has 0 spiro atoms. The van der Waals surface area contributed by atoms with E-state index in [1.54, 1.807) is 32.0 Å². The number of carbonyl (C=O) groups is 1. The Morgan fingerprint density at radius 1 is 1.02 bits per heavy atom. The molecule has 0 aliphatic carbocycles. The molecule has 0 bridgehead atoms. The second-order valence-electron chi connectivity index (χ2n) is 9.96. The summed E-state index contributed by atoms with van der Waals surface area (Å²) in [6, 6.07) is 16.0. The summed E-state index contributed by atoms with van der Waals surface area (Å²) in [6.07, 6.45) is -0.849. The number of carbonyl (C=O) groups excluding carboxylic acids is 1. The van der Waals surface area contributed by atoms with Crippen LogP contribution in [-0.4, -0.2) is 75.9 Å². The molecule has 0 unspecified atom stereocenters. The van der Waals surface area contributed by atoms with Crippen LogP contribution in [0.4, 0.5) is 10.1 Å². The number of likely N-dealkylation sites (N-methyl/N-ethyl adjacent to an activating group) is 1. The third-order valence-electron chi connectivity index (χ3n) is 6.95. The summed E-state index contributed by atoms with van der Waals surface area (Å²) >= 11 is 0. The number of nitrogens with one attached hydrogen (secondary N) is 1. The van der Waals surface area contributed by atoms with Crippen LogP contribution in [0.5, 0.6) is 5.75 Å². The number of hydrogen-bond donors (Lipinski definition) is 2. The van der Waals surface area contributed by atoms with Crippen molar-refractivity contribution in [3.8, 4) is 5.75 Å². The van der Waals surface area contributed by atoms with Crippen molar-refractivity contribution in [1.82, 2.24) is 9.21 Å². The Labute approximate surface area is 239 Å². The number of rotatable bonds is 9. The molecule has 4 rings (SSSR count). The van der Waals surface area contributed by atoms with Gasteiger partial charge in [0, 0.05) is 19.5 Å². The van der Waals surface area contributed by atoms with Crippen LogP contribution in [0.25, 0.3) is 0 Å². The van der Waals surface area contributed by atoms with Crippen molar-refractivity contribution in [3.05, 3.63) is 84.2 Å². The first-order chi connectivity index (χ1) is 19.3. The van der Waals surface area contributed by atoms with Gasteiger partial charge in [-0.2, -0.15) is 4.31 Å². The number of anilines is 1. The predicted octanol–water partition coefficient (Wildman–Crippen LogP) is 3.17. The van der Waals surface area contributed by atoms with Gasteiger partial charge in [-0.1, -0.05) is 31.2 Å². The maximum Gasteiger partial charge on any atom is 0.262 e. The van der Waals surface area contributed by atoms with Crippen LogP contribution in [0.3, 0.4) is 0 Å². The summed E-state index contributed by atoms with van der Waals surface area (Å²) in [5.74, 6) is -1.56. The van der Waals surface area contributed by atoms with Crippen LogP contribution >= 0.6 is 0 Å². The number of nitrogens with zero attached hydrogens (tertiary/aromatic N) is 2. The van der Waals surface area contributed by atoms with E-state index in [0.717, 1.165) is 16.4 Å². The van der Waals surface area contributed by atoms with E-state index in [1.807, 2.05) is 0 Å². The van der Waals surface area contributed by atoms with Gasteiger partial charge in [0.2, 0.25) is 10.0 Å². The monoisotopic (exact) mass is 605 g/mol. The van der Waals surface area contributed by atoms with Gasteiger partial charge in [-0.05, 0) is 55.5 Å². The van der Waals surface area contributed by atoms with Crippen LogP contribution in [0, 0.1) is 11.7 Å². The van der Waals surface area contributed by atoms with Gasteiger partial charge in [0.15, 0.2) is 5.75 Å². The second-order valence-corrected chi connectivity index (χ2v) is 13.7. The third kappa shape index (κ3) is 6.53. The summed E-state index contributed by atoms with van der Waals surface area (Å²) < 4.78 is 76.2. The zero-order valence-corrected chi connectivity index (χ0v) is 24.4. The van der Waals surface area contributed by atoms with Gasteiger partial charge in [0.25, 0.3) is 15.9 Å². The molecule has 1 aliphatic heterocycles. The summed E-state index contributed by atoms with van der Waals surface area (Å²) in [4.78, 5) is 15.0. The molecular formula is C28H32FN3O7S2. The summed E-state index contributed by atoms with van der Waals surface area (Å²) in [5, 5.41) is 9.87. The van der Waals surface area contributed by atoms with E-state index < -0.39 is 49.8 Å². The number of aliphatic hydroxyl groups excluding tert-OH is 1. The van der Waals surface area contributed by atoms with Crippen molar-refractivity contribution >= 4 is 31.6 Å². The van der Waals surface area contributed by atoms with E-state index in [1.165, 1.54) is 54.4 Å². The van der Waals surface area contributed by atoms with Crippen molar-refractivity contribution < 1.29 is 35.9 Å². The van der Waals surface area contributed by atoms with Crippen molar-refractivity contribution in [2.45, 2.75) is 35.8 Å². The molecule has 13 heteroatoms. The fourth-order valence-electron chi connectivity index (χ4n) is 4.48. The maximum absolute atomic E-state index is 13.6. The van der Waals surface area contributed by atoms with E-state index in [-0.39, 0.29) is 46.5 Å². The molecule has 1 aliphatic rings. The van der Waals surface area contributed by atoms with Gasteiger partial charge in [-0.3, -0.25) is 9.52 Å². The lowest BCUT2D eigenvalue weighted by molar-refractivity contribution is 0.0389.